The molecule has 7 nitrogen and oxygen atoms in total. The number of aryl methyl sites for hydroxylation is 1. The summed E-state index contributed by atoms with van der Waals surface area (Å²) in [5, 5.41) is 23.7. The minimum atomic E-state index is -0.509. The van der Waals surface area contributed by atoms with E-state index in [2.05, 4.69) is 11.4 Å². The molecule has 0 saturated heterocycles. The molecular weight excluding hydrogens is 430 g/mol. The molecule has 0 aromatic heterocycles. The van der Waals surface area contributed by atoms with E-state index in [0.29, 0.717) is 27.6 Å². The van der Waals surface area contributed by atoms with E-state index in [9.17, 15) is 20.2 Å². The predicted molar refractivity (Wildman–Crippen MR) is 123 cm³/mol. The molecule has 0 aliphatic carbocycles. The van der Waals surface area contributed by atoms with E-state index in [1.807, 2.05) is 25.1 Å². The molecule has 0 spiro atoms. The molecule has 0 atom stereocenters. The molecule has 0 saturated carbocycles. The second kappa shape index (κ2) is 10.2. The molecule has 0 bridgehead atoms. The molecule has 0 unspecified atom stereocenters. The summed E-state index contributed by atoms with van der Waals surface area (Å²) in [4.78, 5) is 22.7. The fourth-order valence-electron chi connectivity index (χ4n) is 2.90. The highest BCUT2D eigenvalue weighted by molar-refractivity contribution is 6.30. The highest BCUT2D eigenvalue weighted by atomic mass is 35.5. The molecule has 32 heavy (non-hydrogen) atoms. The second-order valence-electron chi connectivity index (χ2n) is 6.81. The molecule has 0 radical (unpaired) electrons. The van der Waals surface area contributed by atoms with Crippen molar-refractivity contribution < 1.29 is 14.5 Å². The monoisotopic (exact) mass is 447 g/mol. The first-order chi connectivity index (χ1) is 15.4. The van der Waals surface area contributed by atoms with Gasteiger partial charge in [-0.25, -0.2) is 0 Å². The molecule has 8 heteroatoms. The van der Waals surface area contributed by atoms with Crippen molar-refractivity contribution in [1.29, 1.82) is 5.26 Å². The summed E-state index contributed by atoms with van der Waals surface area (Å²) < 4.78 is 5.68. The molecule has 1 N–H and O–H groups in total. The Hall–Kier alpha value is -4.15. The van der Waals surface area contributed by atoms with Gasteiger partial charge in [0.15, 0.2) is 6.61 Å². The number of allylic oxidation sites excluding steroid dienone is 1. The molecular formula is C24H18ClN3O4. The number of ether oxygens (including phenoxy) is 1. The first kappa shape index (κ1) is 22.5. The number of hydrogen-bond acceptors (Lipinski definition) is 5. The van der Waals surface area contributed by atoms with E-state index in [-0.39, 0.29) is 23.8 Å². The molecule has 0 aliphatic heterocycles. The van der Waals surface area contributed by atoms with Gasteiger partial charge in [-0.3, -0.25) is 14.9 Å². The van der Waals surface area contributed by atoms with Crippen LogP contribution in [-0.4, -0.2) is 17.4 Å². The lowest BCUT2D eigenvalue weighted by Gasteiger charge is -2.12. The molecule has 0 aliphatic rings. The average molecular weight is 448 g/mol. The zero-order chi connectivity index (χ0) is 23.1. The van der Waals surface area contributed by atoms with Gasteiger partial charge < -0.3 is 10.1 Å². The van der Waals surface area contributed by atoms with Crippen molar-refractivity contribution in [2.24, 2.45) is 0 Å². The molecule has 3 rings (SSSR count). The number of carbonyl (C=O) groups excluding carboxylic acids is 1. The van der Waals surface area contributed by atoms with Gasteiger partial charge in [0.25, 0.3) is 11.6 Å². The number of nitrogens with zero attached hydrogens (tertiary/aromatic N) is 2. The third-order valence-corrected chi connectivity index (χ3v) is 4.79. The van der Waals surface area contributed by atoms with Crippen molar-refractivity contribution >= 4 is 40.5 Å². The van der Waals surface area contributed by atoms with Gasteiger partial charge in [0.1, 0.15) is 5.75 Å². The second-order valence-corrected chi connectivity index (χ2v) is 7.24. The quantitative estimate of drug-likeness (QED) is 0.218. The number of nitrogens with one attached hydrogen (secondary N) is 1. The van der Waals surface area contributed by atoms with Gasteiger partial charge in [-0.2, -0.15) is 5.26 Å². The van der Waals surface area contributed by atoms with E-state index in [0.717, 1.165) is 5.56 Å². The number of para-hydroxylation sites is 1. The third kappa shape index (κ3) is 5.72. The summed E-state index contributed by atoms with van der Waals surface area (Å²) >= 11 is 6.11. The van der Waals surface area contributed by atoms with Gasteiger partial charge in [0.05, 0.1) is 16.6 Å². The number of halogens is 1. The summed E-state index contributed by atoms with van der Waals surface area (Å²) in [6, 6.07) is 20.0. The summed E-state index contributed by atoms with van der Waals surface area (Å²) in [7, 11) is 0. The van der Waals surface area contributed by atoms with Crippen LogP contribution in [0, 0.1) is 28.4 Å². The van der Waals surface area contributed by atoms with Crippen LogP contribution in [0.5, 0.6) is 5.75 Å². The number of benzene rings is 3. The maximum atomic E-state index is 12.3. The van der Waals surface area contributed by atoms with Crippen LogP contribution in [0.15, 0.2) is 66.7 Å². The van der Waals surface area contributed by atoms with E-state index in [1.165, 1.54) is 24.3 Å². The number of nitro groups is 1. The Morgan fingerprint density at radius 3 is 2.56 bits per heavy atom. The van der Waals surface area contributed by atoms with Crippen LogP contribution < -0.4 is 10.1 Å². The summed E-state index contributed by atoms with van der Waals surface area (Å²) in [5.41, 5.74) is 2.81. The number of anilines is 1. The topological polar surface area (TPSA) is 105 Å². The van der Waals surface area contributed by atoms with Crippen molar-refractivity contribution in [2.75, 3.05) is 11.9 Å². The normalized spacial score (nSPS) is 10.8. The number of non-ortho nitro benzene ring substituents is 1. The number of rotatable bonds is 7. The van der Waals surface area contributed by atoms with Crippen LogP contribution in [0.3, 0.4) is 0 Å². The Kier molecular flexibility index (Phi) is 7.21. The van der Waals surface area contributed by atoms with E-state index < -0.39 is 4.92 Å². The SMILES string of the molecule is Cc1ccccc1NC(=O)COc1ccc(Cl)cc1/C=C(\C#N)c1ccc([N+](=O)[O-])cc1. The van der Waals surface area contributed by atoms with Crippen LogP contribution in [0.1, 0.15) is 16.7 Å². The number of hydrogen-bond donors (Lipinski definition) is 1. The number of nitro benzene ring substituents is 1. The fourth-order valence-corrected chi connectivity index (χ4v) is 3.09. The predicted octanol–water partition coefficient (Wildman–Crippen LogP) is 5.64. The molecule has 160 valence electrons. The van der Waals surface area contributed by atoms with Crippen LogP contribution in [-0.2, 0) is 4.79 Å². The Labute approximate surface area is 189 Å². The van der Waals surface area contributed by atoms with E-state index in [4.69, 9.17) is 16.3 Å². The van der Waals surface area contributed by atoms with Crippen molar-refractivity contribution in [3.63, 3.8) is 0 Å². The summed E-state index contributed by atoms with van der Waals surface area (Å²) in [5.74, 6) is 0.0315. The highest BCUT2D eigenvalue weighted by Crippen LogP contribution is 2.28. The zero-order valence-electron chi connectivity index (χ0n) is 17.0. The Morgan fingerprint density at radius 2 is 1.91 bits per heavy atom. The molecule has 3 aromatic carbocycles. The number of carbonyl (C=O) groups is 1. The van der Waals surface area contributed by atoms with Gasteiger partial charge in [-0.15, -0.1) is 0 Å². The third-order valence-electron chi connectivity index (χ3n) is 4.56. The lowest BCUT2D eigenvalue weighted by atomic mass is 10.0. The molecule has 3 aromatic rings. The van der Waals surface area contributed by atoms with Crippen molar-refractivity contribution in [3.05, 3.63) is 98.6 Å². The minimum Gasteiger partial charge on any atom is -0.483 e. The lowest BCUT2D eigenvalue weighted by Crippen LogP contribution is -2.20. The summed E-state index contributed by atoms with van der Waals surface area (Å²) in [6.07, 6.45) is 1.56. The van der Waals surface area contributed by atoms with Crippen molar-refractivity contribution in [2.45, 2.75) is 6.92 Å². The van der Waals surface area contributed by atoms with Gasteiger partial charge in [0.2, 0.25) is 0 Å². The molecule has 1 amide bonds. The number of amides is 1. The first-order valence-electron chi connectivity index (χ1n) is 9.52. The Balaban J connectivity index is 1.80. The largest absolute Gasteiger partial charge is 0.483 e. The van der Waals surface area contributed by atoms with Crippen LogP contribution in [0.25, 0.3) is 11.6 Å². The van der Waals surface area contributed by atoms with E-state index in [1.54, 1.807) is 30.3 Å². The highest BCUT2D eigenvalue weighted by Gasteiger charge is 2.11. The summed E-state index contributed by atoms with van der Waals surface area (Å²) in [6.45, 7) is 1.65. The Bertz CT molecular complexity index is 1230. The molecule has 0 heterocycles. The smallest absolute Gasteiger partial charge is 0.269 e. The maximum Gasteiger partial charge on any atom is 0.269 e. The van der Waals surface area contributed by atoms with Crippen molar-refractivity contribution in [1.82, 2.24) is 0 Å². The fraction of sp³-hybridized carbons (Fsp3) is 0.0833. The Morgan fingerprint density at radius 1 is 1.19 bits per heavy atom. The lowest BCUT2D eigenvalue weighted by molar-refractivity contribution is -0.384. The van der Waals surface area contributed by atoms with Gasteiger partial charge in [-0.1, -0.05) is 29.8 Å². The van der Waals surface area contributed by atoms with Crippen molar-refractivity contribution in [3.8, 4) is 11.8 Å². The van der Waals surface area contributed by atoms with Gasteiger partial charge >= 0.3 is 0 Å². The standard InChI is InChI=1S/C24H18ClN3O4/c1-16-4-2-3-5-22(16)27-24(29)15-32-23-11-8-20(25)13-18(23)12-19(14-26)17-6-9-21(10-7-17)28(30)31/h2-13H,15H2,1H3,(H,27,29)/b19-12+. The maximum absolute atomic E-state index is 12.3. The van der Waals surface area contributed by atoms with E-state index >= 15 is 0 Å². The van der Waals surface area contributed by atoms with Gasteiger partial charge in [-0.05, 0) is 60.5 Å². The van der Waals surface area contributed by atoms with Crippen LogP contribution in [0.2, 0.25) is 5.02 Å². The van der Waals surface area contributed by atoms with Gasteiger partial charge in [0, 0.05) is 28.4 Å². The minimum absolute atomic E-state index is 0.0718. The first-order valence-corrected chi connectivity index (χ1v) is 9.89. The molecule has 0 fully saturated rings. The number of nitriles is 1. The zero-order valence-corrected chi connectivity index (χ0v) is 17.8. The van der Waals surface area contributed by atoms with Crippen LogP contribution >= 0.6 is 11.6 Å². The average Bonchev–Trinajstić information content (AvgIpc) is 2.78. The van der Waals surface area contributed by atoms with Crippen LogP contribution in [0.4, 0.5) is 11.4 Å².